The number of aryl methyl sites for hydroxylation is 1. The van der Waals surface area contributed by atoms with Gasteiger partial charge in [0.05, 0.1) is 17.0 Å². The molecular formula is C22H21N7O3. The first kappa shape index (κ1) is 20.9. The lowest BCUT2D eigenvalue weighted by atomic mass is 10.1. The first-order chi connectivity index (χ1) is 15.3. The maximum atomic E-state index is 12.4. The number of amides is 3. The molecule has 1 aliphatic rings. The lowest BCUT2D eigenvalue weighted by molar-refractivity contribution is -0.136. The van der Waals surface area contributed by atoms with Crippen molar-refractivity contribution in [2.24, 2.45) is 9.98 Å². The molecule has 0 radical (unpaired) electrons. The van der Waals surface area contributed by atoms with Gasteiger partial charge in [-0.05, 0) is 31.9 Å². The van der Waals surface area contributed by atoms with Gasteiger partial charge in [0.25, 0.3) is 11.9 Å². The Bertz CT molecular complexity index is 1330. The van der Waals surface area contributed by atoms with E-state index in [0.717, 1.165) is 16.5 Å². The van der Waals surface area contributed by atoms with Crippen LogP contribution in [0.15, 0.2) is 58.7 Å². The van der Waals surface area contributed by atoms with E-state index in [1.54, 1.807) is 19.9 Å². The van der Waals surface area contributed by atoms with Crippen molar-refractivity contribution in [2.75, 3.05) is 11.9 Å². The minimum absolute atomic E-state index is 0.0111. The van der Waals surface area contributed by atoms with Crippen LogP contribution in [-0.4, -0.2) is 50.7 Å². The standard InChI is InChI=1S/C22H21N7O3/c1-12-10-18(29(28-12)22-25-14(3)13(2)19(30)27-22)26-21(32)20(31)23-9-8-15-11-24-17-7-5-4-6-16(15)17/h4-7,10-11,24H,2,8-9H2,1,3H3,(H,23,31)(H,26,32). The molecule has 32 heavy (non-hydrogen) atoms. The van der Waals surface area contributed by atoms with E-state index in [1.807, 2.05) is 30.5 Å². The molecule has 3 amide bonds. The quantitative estimate of drug-likeness (QED) is 0.428. The number of aliphatic imine (C=N–C) groups is 2. The van der Waals surface area contributed by atoms with E-state index in [0.29, 0.717) is 24.4 Å². The van der Waals surface area contributed by atoms with Gasteiger partial charge in [0, 0.05) is 29.7 Å². The Labute approximate surface area is 183 Å². The van der Waals surface area contributed by atoms with Crippen LogP contribution in [0, 0.1) is 6.92 Å². The summed E-state index contributed by atoms with van der Waals surface area (Å²) in [6, 6.07) is 9.42. The molecule has 162 valence electrons. The average molecular weight is 431 g/mol. The summed E-state index contributed by atoms with van der Waals surface area (Å²) in [5, 5.41) is 10.4. The molecule has 3 aromatic rings. The highest BCUT2D eigenvalue weighted by Gasteiger charge is 2.23. The van der Waals surface area contributed by atoms with Gasteiger partial charge in [-0.15, -0.1) is 0 Å². The van der Waals surface area contributed by atoms with Gasteiger partial charge in [-0.25, -0.2) is 4.99 Å². The lowest BCUT2D eigenvalue weighted by Crippen LogP contribution is -2.37. The number of rotatable bonds is 4. The van der Waals surface area contributed by atoms with E-state index in [9.17, 15) is 14.4 Å². The summed E-state index contributed by atoms with van der Waals surface area (Å²) in [5.41, 5.74) is 3.20. The highest BCUT2D eigenvalue weighted by Crippen LogP contribution is 2.18. The predicted molar refractivity (Wildman–Crippen MR) is 121 cm³/mol. The SMILES string of the molecule is C=C1C(=O)N=C(n2nc(C)cc2NC(=O)C(=O)NCCc2c[nH]c3ccccc23)N=C1C. The summed E-state index contributed by atoms with van der Waals surface area (Å²) in [6.07, 6.45) is 2.46. The molecule has 0 saturated heterocycles. The third kappa shape index (κ3) is 4.10. The van der Waals surface area contributed by atoms with Gasteiger partial charge in [-0.2, -0.15) is 14.8 Å². The number of aromatic amines is 1. The third-order valence-corrected chi connectivity index (χ3v) is 4.99. The van der Waals surface area contributed by atoms with Crippen molar-refractivity contribution >= 4 is 46.1 Å². The van der Waals surface area contributed by atoms with Gasteiger partial charge < -0.3 is 15.6 Å². The van der Waals surface area contributed by atoms with Gasteiger partial charge >= 0.3 is 11.8 Å². The Morgan fingerprint density at radius 2 is 1.94 bits per heavy atom. The molecule has 1 aliphatic heterocycles. The summed E-state index contributed by atoms with van der Waals surface area (Å²) >= 11 is 0. The molecule has 10 nitrogen and oxygen atoms in total. The van der Waals surface area contributed by atoms with Crippen LogP contribution in [0.4, 0.5) is 5.82 Å². The molecular weight excluding hydrogens is 410 g/mol. The normalized spacial score (nSPS) is 13.7. The number of hydrogen-bond donors (Lipinski definition) is 3. The van der Waals surface area contributed by atoms with Crippen LogP contribution < -0.4 is 10.6 Å². The average Bonchev–Trinajstić information content (AvgIpc) is 3.34. The number of nitrogens with one attached hydrogen (secondary N) is 3. The number of H-pyrrole nitrogens is 1. The highest BCUT2D eigenvalue weighted by atomic mass is 16.2. The largest absolute Gasteiger partial charge is 0.361 e. The Kier molecular flexibility index (Phi) is 5.50. The molecule has 4 rings (SSSR count). The van der Waals surface area contributed by atoms with Crippen molar-refractivity contribution in [2.45, 2.75) is 20.3 Å². The molecule has 3 N–H and O–H groups in total. The first-order valence-electron chi connectivity index (χ1n) is 9.92. The van der Waals surface area contributed by atoms with Crippen LogP contribution in [0.3, 0.4) is 0 Å². The smallest absolute Gasteiger partial charge is 0.314 e. The summed E-state index contributed by atoms with van der Waals surface area (Å²) in [6.45, 7) is 7.25. The van der Waals surface area contributed by atoms with E-state index in [-0.39, 0.29) is 17.4 Å². The molecule has 10 heteroatoms. The fourth-order valence-electron chi connectivity index (χ4n) is 3.29. The van der Waals surface area contributed by atoms with Crippen LogP contribution in [0.5, 0.6) is 0 Å². The van der Waals surface area contributed by atoms with Crippen LogP contribution >= 0.6 is 0 Å². The molecule has 0 aliphatic carbocycles. The van der Waals surface area contributed by atoms with Crippen LogP contribution in [0.25, 0.3) is 10.9 Å². The number of carbonyl (C=O) groups is 3. The van der Waals surface area contributed by atoms with E-state index in [4.69, 9.17) is 0 Å². The summed E-state index contributed by atoms with van der Waals surface area (Å²) in [5.74, 6) is -2.02. The minimum Gasteiger partial charge on any atom is -0.361 e. The van der Waals surface area contributed by atoms with Crippen molar-refractivity contribution in [3.63, 3.8) is 0 Å². The second-order valence-corrected chi connectivity index (χ2v) is 7.30. The van der Waals surface area contributed by atoms with E-state index in [1.165, 1.54) is 4.68 Å². The van der Waals surface area contributed by atoms with Crippen molar-refractivity contribution in [3.05, 3.63) is 59.9 Å². The number of aromatic nitrogens is 3. The number of hydrogen-bond acceptors (Lipinski definition) is 5. The maximum absolute atomic E-state index is 12.4. The highest BCUT2D eigenvalue weighted by molar-refractivity contribution is 6.39. The van der Waals surface area contributed by atoms with Crippen LogP contribution in [-0.2, 0) is 20.8 Å². The Morgan fingerprint density at radius 1 is 1.16 bits per heavy atom. The third-order valence-electron chi connectivity index (χ3n) is 4.99. The Balaban J connectivity index is 1.41. The zero-order valence-electron chi connectivity index (χ0n) is 17.6. The van der Waals surface area contributed by atoms with Crippen LogP contribution in [0.1, 0.15) is 18.2 Å². The van der Waals surface area contributed by atoms with Gasteiger partial charge in [-0.3, -0.25) is 14.4 Å². The predicted octanol–water partition coefficient (Wildman–Crippen LogP) is 1.73. The van der Waals surface area contributed by atoms with Crippen molar-refractivity contribution in [1.82, 2.24) is 20.1 Å². The zero-order valence-corrected chi connectivity index (χ0v) is 17.6. The second-order valence-electron chi connectivity index (χ2n) is 7.30. The first-order valence-corrected chi connectivity index (χ1v) is 9.92. The lowest BCUT2D eigenvalue weighted by Gasteiger charge is -2.12. The monoisotopic (exact) mass is 431 g/mol. The van der Waals surface area contributed by atoms with Gasteiger partial charge in [0.2, 0.25) is 0 Å². The number of para-hydroxylation sites is 1. The number of anilines is 1. The molecule has 3 heterocycles. The summed E-state index contributed by atoms with van der Waals surface area (Å²) in [7, 11) is 0. The Hall–Kier alpha value is -4.34. The molecule has 0 unspecified atom stereocenters. The number of carbonyl (C=O) groups excluding carboxylic acids is 3. The van der Waals surface area contributed by atoms with E-state index < -0.39 is 17.7 Å². The molecule has 0 fully saturated rings. The van der Waals surface area contributed by atoms with Crippen molar-refractivity contribution in [1.29, 1.82) is 0 Å². The Morgan fingerprint density at radius 3 is 2.72 bits per heavy atom. The maximum Gasteiger partial charge on any atom is 0.314 e. The molecule has 2 aromatic heterocycles. The molecule has 0 saturated carbocycles. The topological polar surface area (TPSA) is 134 Å². The number of fused-ring (bicyclic) bond motifs is 1. The van der Waals surface area contributed by atoms with E-state index in [2.05, 4.69) is 37.3 Å². The van der Waals surface area contributed by atoms with Gasteiger partial charge in [-0.1, -0.05) is 24.8 Å². The summed E-state index contributed by atoms with van der Waals surface area (Å²) in [4.78, 5) is 47.9. The van der Waals surface area contributed by atoms with Crippen molar-refractivity contribution < 1.29 is 14.4 Å². The van der Waals surface area contributed by atoms with E-state index >= 15 is 0 Å². The van der Waals surface area contributed by atoms with Crippen LogP contribution in [0.2, 0.25) is 0 Å². The molecule has 1 aromatic carbocycles. The van der Waals surface area contributed by atoms with Gasteiger partial charge in [0.15, 0.2) is 0 Å². The minimum atomic E-state index is -0.863. The zero-order chi connectivity index (χ0) is 22.8. The number of nitrogens with zero attached hydrogens (tertiary/aromatic N) is 4. The molecule has 0 spiro atoms. The molecule has 0 atom stereocenters. The molecule has 0 bridgehead atoms. The van der Waals surface area contributed by atoms with Gasteiger partial charge in [0.1, 0.15) is 5.82 Å². The summed E-state index contributed by atoms with van der Waals surface area (Å²) < 4.78 is 1.21. The fraction of sp³-hybridized carbons (Fsp3) is 0.182. The van der Waals surface area contributed by atoms with Crippen molar-refractivity contribution in [3.8, 4) is 0 Å². The second kappa shape index (κ2) is 8.42. The number of benzene rings is 1. The fourth-order valence-corrected chi connectivity index (χ4v) is 3.29.